The number of hydrogen-bond donors (Lipinski definition) is 1. The molecule has 0 spiro atoms. The van der Waals surface area contributed by atoms with Gasteiger partial charge < -0.3 is 9.84 Å². The molecule has 24 heavy (non-hydrogen) atoms. The van der Waals surface area contributed by atoms with Crippen molar-refractivity contribution in [2.24, 2.45) is 0 Å². The highest BCUT2D eigenvalue weighted by Crippen LogP contribution is 2.52. The van der Waals surface area contributed by atoms with E-state index in [0.29, 0.717) is 27.8 Å². The van der Waals surface area contributed by atoms with Gasteiger partial charge in [0.1, 0.15) is 6.10 Å². The van der Waals surface area contributed by atoms with Crippen molar-refractivity contribution in [2.75, 3.05) is 0 Å². The summed E-state index contributed by atoms with van der Waals surface area (Å²) in [4.78, 5) is 37.2. The average Bonchev–Trinajstić information content (AvgIpc) is 3.35. The molecular weight excluding hydrogens is 308 g/mol. The molecule has 2 aliphatic carbocycles. The SMILES string of the molecule is O=C1c2ccccc2C(=O)c2cc3c(cc21)C=CC1OC31C(=O)O. The van der Waals surface area contributed by atoms with E-state index >= 15 is 0 Å². The molecule has 0 aromatic heterocycles. The van der Waals surface area contributed by atoms with E-state index in [0.717, 1.165) is 0 Å². The van der Waals surface area contributed by atoms with Crippen LogP contribution in [0.3, 0.4) is 0 Å². The van der Waals surface area contributed by atoms with Crippen LogP contribution in [0.25, 0.3) is 6.08 Å². The first-order valence-electron chi connectivity index (χ1n) is 7.50. The number of carbonyl (C=O) groups is 3. The molecule has 1 N–H and O–H groups in total. The summed E-state index contributed by atoms with van der Waals surface area (Å²) in [7, 11) is 0. The maximum atomic E-state index is 12.8. The second kappa shape index (κ2) is 4.07. The molecule has 2 atom stereocenters. The lowest BCUT2D eigenvalue weighted by atomic mass is 9.78. The topological polar surface area (TPSA) is 84.0 Å². The fourth-order valence-corrected chi connectivity index (χ4v) is 3.66. The van der Waals surface area contributed by atoms with Gasteiger partial charge >= 0.3 is 5.97 Å². The van der Waals surface area contributed by atoms with Gasteiger partial charge in [-0.3, -0.25) is 9.59 Å². The quantitative estimate of drug-likeness (QED) is 0.695. The van der Waals surface area contributed by atoms with Crippen LogP contribution in [0.1, 0.15) is 43.0 Å². The van der Waals surface area contributed by atoms with Gasteiger partial charge in [0, 0.05) is 27.8 Å². The van der Waals surface area contributed by atoms with E-state index in [2.05, 4.69) is 0 Å². The number of epoxide rings is 1. The molecule has 116 valence electrons. The number of benzene rings is 2. The van der Waals surface area contributed by atoms with Crippen LogP contribution < -0.4 is 0 Å². The molecule has 1 aliphatic heterocycles. The number of carboxylic acids is 1. The summed E-state index contributed by atoms with van der Waals surface area (Å²) in [5.74, 6) is -1.58. The van der Waals surface area contributed by atoms with Gasteiger partial charge in [0.05, 0.1) is 0 Å². The van der Waals surface area contributed by atoms with E-state index in [1.165, 1.54) is 6.07 Å². The largest absolute Gasteiger partial charge is 0.479 e. The Morgan fingerprint density at radius 1 is 1.00 bits per heavy atom. The van der Waals surface area contributed by atoms with E-state index in [1.807, 2.05) is 0 Å². The summed E-state index contributed by atoms with van der Waals surface area (Å²) in [6.45, 7) is 0. The van der Waals surface area contributed by atoms with Crippen molar-refractivity contribution in [2.45, 2.75) is 11.7 Å². The van der Waals surface area contributed by atoms with Crippen LogP contribution in [0.4, 0.5) is 0 Å². The number of carboxylic acid groups (broad SMARTS) is 1. The first-order chi connectivity index (χ1) is 11.5. The third kappa shape index (κ3) is 1.40. The molecule has 1 heterocycles. The summed E-state index contributed by atoms with van der Waals surface area (Å²) >= 11 is 0. The van der Waals surface area contributed by atoms with E-state index in [9.17, 15) is 19.5 Å². The fraction of sp³-hybridized carbons (Fsp3) is 0.105. The number of rotatable bonds is 1. The molecule has 0 amide bonds. The number of hydrogen-bond acceptors (Lipinski definition) is 4. The predicted molar refractivity (Wildman–Crippen MR) is 83.0 cm³/mol. The Labute approximate surface area is 136 Å². The van der Waals surface area contributed by atoms with Crippen molar-refractivity contribution in [3.63, 3.8) is 0 Å². The van der Waals surface area contributed by atoms with Crippen molar-refractivity contribution in [1.82, 2.24) is 0 Å². The number of fused-ring (bicyclic) bond motifs is 5. The lowest BCUT2D eigenvalue weighted by molar-refractivity contribution is -0.143. The average molecular weight is 318 g/mol. The Bertz CT molecular complexity index is 1020. The van der Waals surface area contributed by atoms with Gasteiger partial charge in [-0.15, -0.1) is 0 Å². The second-order valence-corrected chi connectivity index (χ2v) is 6.13. The zero-order chi connectivity index (χ0) is 16.6. The van der Waals surface area contributed by atoms with Crippen LogP contribution in [0, 0.1) is 0 Å². The highest BCUT2D eigenvalue weighted by atomic mass is 16.6. The molecular formula is C19H10O5. The summed E-state index contributed by atoms with van der Waals surface area (Å²) in [6.07, 6.45) is 2.89. The Kier molecular flexibility index (Phi) is 2.27. The van der Waals surface area contributed by atoms with Crippen molar-refractivity contribution in [3.8, 4) is 0 Å². The van der Waals surface area contributed by atoms with Gasteiger partial charge in [0.15, 0.2) is 11.6 Å². The zero-order valence-corrected chi connectivity index (χ0v) is 12.3. The van der Waals surface area contributed by atoms with Crippen LogP contribution >= 0.6 is 0 Å². The minimum absolute atomic E-state index is 0.223. The second-order valence-electron chi connectivity index (χ2n) is 6.13. The van der Waals surface area contributed by atoms with Crippen LogP contribution in [-0.4, -0.2) is 28.7 Å². The molecule has 1 saturated heterocycles. The summed E-state index contributed by atoms with van der Waals surface area (Å²) < 4.78 is 5.39. The molecule has 5 rings (SSSR count). The molecule has 5 nitrogen and oxygen atoms in total. The number of ketones is 2. The van der Waals surface area contributed by atoms with Crippen molar-refractivity contribution < 1.29 is 24.2 Å². The van der Waals surface area contributed by atoms with Gasteiger partial charge in [-0.05, 0) is 17.7 Å². The number of ether oxygens (including phenoxy) is 1. The van der Waals surface area contributed by atoms with Crippen LogP contribution in [0.15, 0.2) is 42.5 Å². The Balaban J connectivity index is 1.78. The maximum absolute atomic E-state index is 12.8. The minimum Gasteiger partial charge on any atom is -0.479 e. The molecule has 5 heteroatoms. The first-order valence-corrected chi connectivity index (χ1v) is 7.50. The maximum Gasteiger partial charge on any atom is 0.343 e. The Morgan fingerprint density at radius 3 is 2.25 bits per heavy atom. The van der Waals surface area contributed by atoms with E-state index < -0.39 is 17.7 Å². The molecule has 0 saturated carbocycles. The normalized spacial score (nSPS) is 25.4. The van der Waals surface area contributed by atoms with E-state index in [1.54, 1.807) is 42.5 Å². The van der Waals surface area contributed by atoms with Gasteiger partial charge in [0.25, 0.3) is 0 Å². The van der Waals surface area contributed by atoms with Crippen LogP contribution in [0.5, 0.6) is 0 Å². The zero-order valence-electron chi connectivity index (χ0n) is 12.3. The highest BCUT2D eigenvalue weighted by Gasteiger charge is 2.65. The van der Waals surface area contributed by atoms with Crippen LogP contribution in [0.2, 0.25) is 0 Å². The monoisotopic (exact) mass is 318 g/mol. The molecule has 2 aromatic carbocycles. The van der Waals surface area contributed by atoms with Crippen LogP contribution in [-0.2, 0) is 15.1 Å². The third-order valence-corrected chi connectivity index (χ3v) is 4.92. The Morgan fingerprint density at radius 2 is 1.62 bits per heavy atom. The van der Waals surface area contributed by atoms with Gasteiger partial charge in [-0.2, -0.15) is 0 Å². The summed E-state index contributed by atoms with van der Waals surface area (Å²) in [5.41, 5.74) is 0.873. The standard InChI is InChI=1S/C19H10O5/c20-16-10-3-1-2-4-11(10)17(21)13-8-14-9(7-12(13)16)5-6-15-19(14,24-15)18(22)23/h1-8,15H,(H,22,23). The predicted octanol–water partition coefficient (Wildman–Crippen LogP) is 2.17. The van der Waals surface area contributed by atoms with Gasteiger partial charge in [-0.1, -0.05) is 36.4 Å². The molecule has 2 aromatic rings. The minimum atomic E-state index is -1.43. The molecule has 0 bridgehead atoms. The van der Waals surface area contributed by atoms with Gasteiger partial charge in [0.2, 0.25) is 5.60 Å². The highest BCUT2D eigenvalue weighted by molar-refractivity contribution is 6.28. The van der Waals surface area contributed by atoms with Crippen molar-refractivity contribution in [3.05, 3.63) is 75.9 Å². The number of aliphatic carboxylic acids is 1. The van der Waals surface area contributed by atoms with E-state index in [4.69, 9.17) is 4.74 Å². The molecule has 0 radical (unpaired) electrons. The van der Waals surface area contributed by atoms with Crippen molar-refractivity contribution in [1.29, 1.82) is 0 Å². The lowest BCUT2D eigenvalue weighted by Gasteiger charge is -2.22. The lowest BCUT2D eigenvalue weighted by Crippen LogP contribution is -2.29. The number of carbonyl (C=O) groups excluding carboxylic acids is 2. The van der Waals surface area contributed by atoms with Gasteiger partial charge in [-0.25, -0.2) is 4.79 Å². The fourth-order valence-electron chi connectivity index (χ4n) is 3.66. The summed E-state index contributed by atoms with van der Waals surface area (Å²) in [6, 6.07) is 9.77. The first kappa shape index (κ1) is 13.4. The smallest absolute Gasteiger partial charge is 0.343 e. The summed E-state index contributed by atoms with van der Waals surface area (Å²) in [5, 5.41) is 9.55. The third-order valence-electron chi connectivity index (χ3n) is 4.92. The molecule has 3 aliphatic rings. The Hall–Kier alpha value is -3.05. The molecule has 2 unspecified atom stereocenters. The van der Waals surface area contributed by atoms with Crippen molar-refractivity contribution >= 4 is 23.6 Å². The van der Waals surface area contributed by atoms with E-state index in [-0.39, 0.29) is 17.1 Å². The molecule has 1 fully saturated rings.